The molecular weight excluding hydrogens is 346 g/mol. The number of carbonyl (C=O) groups is 1. The van der Waals surface area contributed by atoms with Crippen molar-refractivity contribution in [2.75, 3.05) is 6.61 Å². The second kappa shape index (κ2) is 9.01. The standard InChI is InChI=1S/C17H24ClN3O2S/c1-11-5-7-13(8-6-11)24-23-10-12(15(18)20)9-14(19)21-16(22)17(2,3)4/h5-9H,10,19-20H2,1-4H3,(H,21,22)/b14-9+,15-12+. The Bertz CT molecular complexity index is 630. The summed E-state index contributed by atoms with van der Waals surface area (Å²) in [5.74, 6) is -0.0313. The number of amides is 1. The molecule has 0 saturated heterocycles. The van der Waals surface area contributed by atoms with E-state index in [4.69, 9.17) is 27.3 Å². The van der Waals surface area contributed by atoms with E-state index >= 15 is 0 Å². The van der Waals surface area contributed by atoms with Crippen molar-refractivity contribution in [3.05, 3.63) is 52.5 Å². The SMILES string of the molecule is Cc1ccc(SOCC(/C=C(\N)NC(=O)C(C)(C)C)=C(/N)Cl)cc1. The number of benzene rings is 1. The lowest BCUT2D eigenvalue weighted by Crippen LogP contribution is -2.36. The lowest BCUT2D eigenvalue weighted by atomic mass is 9.96. The molecule has 24 heavy (non-hydrogen) atoms. The van der Waals surface area contributed by atoms with Gasteiger partial charge in [0.05, 0.1) is 6.61 Å². The van der Waals surface area contributed by atoms with E-state index < -0.39 is 5.41 Å². The van der Waals surface area contributed by atoms with Gasteiger partial charge in [-0.05, 0) is 25.1 Å². The fourth-order valence-electron chi connectivity index (χ4n) is 1.48. The monoisotopic (exact) mass is 369 g/mol. The number of carbonyl (C=O) groups excluding carboxylic acids is 1. The minimum absolute atomic E-state index is 0.0625. The van der Waals surface area contributed by atoms with Gasteiger partial charge >= 0.3 is 0 Å². The summed E-state index contributed by atoms with van der Waals surface area (Å²) in [6.45, 7) is 7.56. The predicted molar refractivity (Wildman–Crippen MR) is 99.9 cm³/mol. The van der Waals surface area contributed by atoms with Gasteiger partial charge in [-0.2, -0.15) is 0 Å². The average molecular weight is 370 g/mol. The number of rotatable bonds is 6. The van der Waals surface area contributed by atoms with Crippen molar-refractivity contribution in [3.8, 4) is 0 Å². The summed E-state index contributed by atoms with van der Waals surface area (Å²) in [4.78, 5) is 12.9. The molecule has 0 fully saturated rings. The molecule has 1 amide bonds. The minimum atomic E-state index is -0.549. The van der Waals surface area contributed by atoms with Gasteiger partial charge in [0, 0.05) is 27.9 Å². The van der Waals surface area contributed by atoms with E-state index in [-0.39, 0.29) is 23.5 Å². The molecule has 0 aliphatic rings. The van der Waals surface area contributed by atoms with Crippen molar-refractivity contribution in [2.45, 2.75) is 32.6 Å². The Morgan fingerprint density at radius 2 is 1.88 bits per heavy atom. The second-order valence-corrected chi connectivity index (χ2v) is 7.62. The summed E-state index contributed by atoms with van der Waals surface area (Å²) in [5.41, 5.74) is 12.6. The molecule has 0 saturated carbocycles. The van der Waals surface area contributed by atoms with Gasteiger partial charge in [0.2, 0.25) is 5.91 Å². The maximum absolute atomic E-state index is 11.9. The van der Waals surface area contributed by atoms with Crippen molar-refractivity contribution in [2.24, 2.45) is 16.9 Å². The molecule has 0 aliphatic carbocycles. The van der Waals surface area contributed by atoms with Gasteiger partial charge in [-0.15, -0.1) is 0 Å². The molecule has 5 N–H and O–H groups in total. The highest BCUT2D eigenvalue weighted by molar-refractivity contribution is 7.94. The molecule has 0 unspecified atom stereocenters. The second-order valence-electron chi connectivity index (χ2n) is 6.34. The smallest absolute Gasteiger partial charge is 0.230 e. The molecule has 1 rings (SSSR count). The molecule has 5 nitrogen and oxygen atoms in total. The Morgan fingerprint density at radius 1 is 1.29 bits per heavy atom. The summed E-state index contributed by atoms with van der Waals surface area (Å²) in [6, 6.07) is 7.92. The molecule has 1 aromatic carbocycles. The molecule has 0 heterocycles. The summed E-state index contributed by atoms with van der Waals surface area (Å²) in [7, 11) is 0. The van der Waals surface area contributed by atoms with Crippen LogP contribution in [0.15, 0.2) is 51.8 Å². The largest absolute Gasteiger partial charge is 0.389 e. The van der Waals surface area contributed by atoms with Gasteiger partial charge in [0.15, 0.2) is 0 Å². The van der Waals surface area contributed by atoms with Gasteiger partial charge in [-0.25, -0.2) is 0 Å². The molecule has 0 spiro atoms. The molecule has 0 atom stereocenters. The van der Waals surface area contributed by atoms with E-state index in [0.29, 0.717) is 5.57 Å². The summed E-state index contributed by atoms with van der Waals surface area (Å²) < 4.78 is 5.54. The zero-order chi connectivity index (χ0) is 18.3. The molecule has 0 bridgehead atoms. The number of hydrogen-bond acceptors (Lipinski definition) is 5. The van der Waals surface area contributed by atoms with E-state index in [9.17, 15) is 4.79 Å². The van der Waals surface area contributed by atoms with Crippen LogP contribution in [0.2, 0.25) is 0 Å². The number of halogens is 1. The van der Waals surface area contributed by atoms with Gasteiger partial charge in [0.25, 0.3) is 0 Å². The van der Waals surface area contributed by atoms with Crippen LogP contribution in [0.3, 0.4) is 0 Å². The molecular formula is C17H24ClN3O2S. The van der Waals surface area contributed by atoms with Crippen LogP contribution in [0.5, 0.6) is 0 Å². The Labute approximate surface area is 152 Å². The van der Waals surface area contributed by atoms with Crippen molar-refractivity contribution in [1.29, 1.82) is 0 Å². The first-order chi connectivity index (χ1) is 11.1. The van der Waals surface area contributed by atoms with Gasteiger partial charge in [-0.3, -0.25) is 4.79 Å². The van der Waals surface area contributed by atoms with Crippen LogP contribution in [-0.4, -0.2) is 12.5 Å². The topological polar surface area (TPSA) is 90.4 Å². The molecule has 0 aromatic heterocycles. The van der Waals surface area contributed by atoms with Gasteiger partial charge in [-0.1, -0.05) is 50.1 Å². The first-order valence-electron chi connectivity index (χ1n) is 7.38. The highest BCUT2D eigenvalue weighted by atomic mass is 35.5. The normalized spacial score (nSPS) is 13.5. The van der Waals surface area contributed by atoms with Crippen LogP contribution in [0, 0.1) is 12.3 Å². The maximum Gasteiger partial charge on any atom is 0.230 e. The van der Waals surface area contributed by atoms with E-state index in [2.05, 4.69) is 5.32 Å². The van der Waals surface area contributed by atoms with Crippen LogP contribution < -0.4 is 16.8 Å². The summed E-state index contributed by atoms with van der Waals surface area (Å²) in [6.07, 6.45) is 1.50. The Kier molecular flexibility index (Phi) is 7.66. The Morgan fingerprint density at radius 3 is 2.38 bits per heavy atom. The van der Waals surface area contributed by atoms with E-state index in [1.807, 2.05) is 31.2 Å². The highest BCUT2D eigenvalue weighted by Gasteiger charge is 2.21. The Hall–Kier alpha value is -1.63. The van der Waals surface area contributed by atoms with Crippen LogP contribution in [-0.2, 0) is 8.98 Å². The summed E-state index contributed by atoms with van der Waals surface area (Å²) in [5, 5.41) is 2.67. The van der Waals surface area contributed by atoms with Crippen molar-refractivity contribution >= 4 is 29.6 Å². The van der Waals surface area contributed by atoms with E-state index in [1.54, 1.807) is 20.8 Å². The lowest BCUT2D eigenvalue weighted by Gasteiger charge is -2.18. The fourth-order valence-corrected chi connectivity index (χ4v) is 2.16. The zero-order valence-electron chi connectivity index (χ0n) is 14.4. The number of hydrogen-bond donors (Lipinski definition) is 3. The predicted octanol–water partition coefficient (Wildman–Crippen LogP) is 3.39. The van der Waals surface area contributed by atoms with Crippen molar-refractivity contribution < 1.29 is 8.98 Å². The first-order valence-corrected chi connectivity index (χ1v) is 8.50. The number of nitrogens with one attached hydrogen (secondary N) is 1. The quantitative estimate of drug-likeness (QED) is 0.406. The highest BCUT2D eigenvalue weighted by Crippen LogP contribution is 2.21. The molecule has 7 heteroatoms. The molecule has 132 valence electrons. The van der Waals surface area contributed by atoms with E-state index in [0.717, 1.165) is 4.90 Å². The van der Waals surface area contributed by atoms with Gasteiger partial charge < -0.3 is 21.0 Å². The molecule has 0 aliphatic heterocycles. The maximum atomic E-state index is 11.9. The summed E-state index contributed by atoms with van der Waals surface area (Å²) >= 11 is 7.09. The average Bonchev–Trinajstić information content (AvgIpc) is 2.47. The zero-order valence-corrected chi connectivity index (χ0v) is 15.9. The van der Waals surface area contributed by atoms with Gasteiger partial charge in [0.1, 0.15) is 11.0 Å². The van der Waals surface area contributed by atoms with Crippen LogP contribution in [0.4, 0.5) is 0 Å². The third-order valence-electron chi connectivity index (χ3n) is 2.97. The van der Waals surface area contributed by atoms with Crippen molar-refractivity contribution in [3.63, 3.8) is 0 Å². The molecule has 0 radical (unpaired) electrons. The minimum Gasteiger partial charge on any atom is -0.389 e. The third-order valence-corrected chi connectivity index (χ3v) is 3.91. The number of aryl methyl sites for hydroxylation is 1. The number of nitrogens with two attached hydrogens (primary N) is 2. The molecule has 1 aromatic rings. The third kappa shape index (κ3) is 7.29. The first kappa shape index (κ1) is 20.4. The lowest BCUT2D eigenvalue weighted by molar-refractivity contribution is -0.127. The van der Waals surface area contributed by atoms with Crippen molar-refractivity contribution in [1.82, 2.24) is 5.32 Å². The Balaban J connectivity index is 2.64. The van der Waals surface area contributed by atoms with Crippen LogP contribution in [0.1, 0.15) is 26.3 Å². The van der Waals surface area contributed by atoms with E-state index in [1.165, 1.54) is 23.7 Å². The fraction of sp³-hybridized carbons (Fsp3) is 0.353. The van der Waals surface area contributed by atoms with Crippen LogP contribution >= 0.6 is 23.6 Å². The van der Waals surface area contributed by atoms with Crippen LogP contribution in [0.25, 0.3) is 0 Å².